The highest BCUT2D eigenvalue weighted by Gasteiger charge is 2.16. The SMILES string of the molecule is N#CC(C#N)=Cc1ccc(SCC(=O)Nc2ccc3ccccc3c2)c([N+](=O)[O-])c1. The van der Waals surface area contributed by atoms with Crippen LogP contribution in [0.1, 0.15) is 5.56 Å². The van der Waals surface area contributed by atoms with Crippen molar-refractivity contribution in [3.8, 4) is 12.1 Å². The summed E-state index contributed by atoms with van der Waals surface area (Å²) < 4.78 is 0. The topological polar surface area (TPSA) is 120 Å². The number of hydrogen-bond acceptors (Lipinski definition) is 6. The number of anilines is 1. The summed E-state index contributed by atoms with van der Waals surface area (Å²) in [5.41, 5.74) is 0.668. The van der Waals surface area contributed by atoms with Gasteiger partial charge < -0.3 is 5.32 Å². The van der Waals surface area contributed by atoms with Gasteiger partial charge in [0.15, 0.2) is 0 Å². The van der Waals surface area contributed by atoms with Crippen molar-refractivity contribution in [3.05, 3.63) is 81.9 Å². The first-order valence-electron chi connectivity index (χ1n) is 8.72. The van der Waals surface area contributed by atoms with Crippen molar-refractivity contribution in [2.75, 3.05) is 11.1 Å². The molecular weight excluding hydrogens is 400 g/mol. The number of nitro groups is 1. The zero-order valence-corrected chi connectivity index (χ0v) is 16.3. The van der Waals surface area contributed by atoms with Gasteiger partial charge in [0.05, 0.1) is 15.6 Å². The Balaban J connectivity index is 1.71. The summed E-state index contributed by atoms with van der Waals surface area (Å²) in [6, 6.07) is 21.1. The van der Waals surface area contributed by atoms with E-state index in [2.05, 4.69) is 5.32 Å². The first-order valence-corrected chi connectivity index (χ1v) is 9.70. The third-order valence-electron chi connectivity index (χ3n) is 4.12. The second-order valence-corrected chi connectivity index (χ2v) is 7.18. The number of nitriles is 2. The largest absolute Gasteiger partial charge is 0.325 e. The number of amides is 1. The Morgan fingerprint density at radius 1 is 1.07 bits per heavy atom. The molecule has 0 aliphatic carbocycles. The average molecular weight is 414 g/mol. The van der Waals surface area contributed by atoms with Gasteiger partial charge in [-0.1, -0.05) is 36.4 Å². The predicted octanol–water partition coefficient (Wildman–Crippen LogP) is 4.91. The van der Waals surface area contributed by atoms with Crippen LogP contribution in [0, 0.1) is 32.8 Å². The highest BCUT2D eigenvalue weighted by molar-refractivity contribution is 8.00. The molecule has 0 aliphatic heterocycles. The van der Waals surface area contributed by atoms with Gasteiger partial charge in [-0.15, -0.1) is 11.8 Å². The minimum Gasteiger partial charge on any atom is -0.325 e. The fourth-order valence-corrected chi connectivity index (χ4v) is 3.56. The van der Waals surface area contributed by atoms with Crippen LogP contribution in [0.25, 0.3) is 16.8 Å². The number of nitrogens with one attached hydrogen (secondary N) is 1. The molecule has 0 heterocycles. The van der Waals surface area contributed by atoms with Gasteiger partial charge in [-0.25, -0.2) is 0 Å². The van der Waals surface area contributed by atoms with Crippen LogP contribution in [0.15, 0.2) is 71.1 Å². The van der Waals surface area contributed by atoms with Gasteiger partial charge in [0.1, 0.15) is 17.7 Å². The van der Waals surface area contributed by atoms with E-state index in [0.29, 0.717) is 16.1 Å². The van der Waals surface area contributed by atoms with Gasteiger partial charge in [0, 0.05) is 11.8 Å². The fourth-order valence-electron chi connectivity index (χ4n) is 2.75. The Hall–Kier alpha value is -4.14. The fraction of sp³-hybridized carbons (Fsp3) is 0.0455. The van der Waals surface area contributed by atoms with Crippen LogP contribution in [0.2, 0.25) is 0 Å². The van der Waals surface area contributed by atoms with Gasteiger partial charge in [-0.05, 0) is 40.6 Å². The Morgan fingerprint density at radius 3 is 2.50 bits per heavy atom. The summed E-state index contributed by atoms with van der Waals surface area (Å²) in [6.07, 6.45) is 1.27. The highest BCUT2D eigenvalue weighted by Crippen LogP contribution is 2.31. The van der Waals surface area contributed by atoms with Crippen molar-refractivity contribution in [1.82, 2.24) is 0 Å². The van der Waals surface area contributed by atoms with Gasteiger partial charge in [-0.2, -0.15) is 10.5 Å². The van der Waals surface area contributed by atoms with Gasteiger partial charge >= 0.3 is 0 Å². The smallest absolute Gasteiger partial charge is 0.283 e. The molecule has 3 aromatic rings. The Kier molecular flexibility index (Phi) is 6.43. The first-order chi connectivity index (χ1) is 14.5. The zero-order valence-electron chi connectivity index (χ0n) is 15.5. The minimum atomic E-state index is -0.556. The monoisotopic (exact) mass is 414 g/mol. The molecule has 0 fully saturated rings. The van der Waals surface area contributed by atoms with E-state index in [4.69, 9.17) is 10.5 Å². The lowest BCUT2D eigenvalue weighted by Gasteiger charge is -2.07. The van der Waals surface area contributed by atoms with E-state index in [0.717, 1.165) is 22.5 Å². The molecule has 0 bridgehead atoms. The van der Waals surface area contributed by atoms with Crippen LogP contribution >= 0.6 is 11.8 Å². The average Bonchev–Trinajstić information content (AvgIpc) is 2.76. The Bertz CT molecular complexity index is 1240. The minimum absolute atomic E-state index is 0.00943. The standard InChI is InChI=1S/C22H14N4O3S/c23-12-16(13-24)9-15-5-8-21(20(10-15)26(28)29)30-14-22(27)25-19-7-6-17-3-1-2-4-18(17)11-19/h1-11H,14H2,(H,25,27). The third kappa shape index (κ3) is 5.02. The highest BCUT2D eigenvalue weighted by atomic mass is 32.2. The number of thioether (sulfide) groups is 1. The number of hydrogen-bond donors (Lipinski definition) is 1. The molecule has 3 aromatic carbocycles. The maximum Gasteiger partial charge on any atom is 0.283 e. The molecule has 0 radical (unpaired) electrons. The molecule has 8 heteroatoms. The van der Waals surface area contributed by atoms with Crippen LogP contribution in [0.3, 0.4) is 0 Å². The lowest BCUT2D eigenvalue weighted by molar-refractivity contribution is -0.387. The van der Waals surface area contributed by atoms with Crippen LogP contribution < -0.4 is 5.32 Å². The number of benzene rings is 3. The molecule has 0 atom stereocenters. The number of fused-ring (bicyclic) bond motifs is 1. The zero-order chi connectivity index (χ0) is 21.5. The molecule has 1 amide bonds. The quantitative estimate of drug-likeness (QED) is 0.265. The molecule has 0 spiro atoms. The summed E-state index contributed by atoms with van der Waals surface area (Å²) >= 11 is 1.04. The number of rotatable bonds is 6. The van der Waals surface area contributed by atoms with E-state index < -0.39 is 4.92 Å². The van der Waals surface area contributed by atoms with Gasteiger partial charge in [0.2, 0.25) is 5.91 Å². The maximum atomic E-state index is 12.3. The van der Waals surface area contributed by atoms with Crippen molar-refractivity contribution >= 4 is 45.9 Å². The molecule has 3 rings (SSSR count). The second-order valence-electron chi connectivity index (χ2n) is 6.16. The van der Waals surface area contributed by atoms with Gasteiger partial charge in [-0.3, -0.25) is 14.9 Å². The molecule has 0 unspecified atom stereocenters. The number of allylic oxidation sites excluding steroid dienone is 1. The van der Waals surface area contributed by atoms with Crippen molar-refractivity contribution in [2.45, 2.75) is 4.90 Å². The molecule has 0 aliphatic rings. The third-order valence-corrected chi connectivity index (χ3v) is 5.19. The number of nitrogens with zero attached hydrogens (tertiary/aromatic N) is 3. The normalized spacial score (nSPS) is 9.93. The summed E-state index contributed by atoms with van der Waals surface area (Å²) in [5, 5.41) is 33.9. The van der Waals surface area contributed by atoms with Gasteiger partial charge in [0.25, 0.3) is 5.69 Å². The van der Waals surface area contributed by atoms with Crippen molar-refractivity contribution in [2.24, 2.45) is 0 Å². The molecule has 0 saturated heterocycles. The van der Waals surface area contributed by atoms with Crippen molar-refractivity contribution < 1.29 is 9.72 Å². The summed E-state index contributed by atoms with van der Waals surface area (Å²) in [7, 11) is 0. The van der Waals surface area contributed by atoms with Crippen molar-refractivity contribution in [3.63, 3.8) is 0 Å². The molecule has 0 saturated carbocycles. The van der Waals surface area contributed by atoms with E-state index >= 15 is 0 Å². The van der Waals surface area contributed by atoms with E-state index in [9.17, 15) is 14.9 Å². The van der Waals surface area contributed by atoms with E-state index in [1.807, 2.05) is 36.4 Å². The summed E-state index contributed by atoms with van der Waals surface area (Å²) in [6.45, 7) is 0. The van der Waals surface area contributed by atoms with E-state index in [1.54, 1.807) is 24.3 Å². The number of nitro benzene ring substituents is 1. The lowest BCUT2D eigenvalue weighted by atomic mass is 10.1. The molecule has 7 nitrogen and oxygen atoms in total. The van der Waals surface area contributed by atoms with Crippen LogP contribution in [0.5, 0.6) is 0 Å². The number of carbonyl (C=O) groups excluding carboxylic acids is 1. The van der Waals surface area contributed by atoms with E-state index in [1.165, 1.54) is 18.2 Å². The molecular formula is C22H14N4O3S. The van der Waals surface area contributed by atoms with Crippen LogP contribution in [-0.2, 0) is 4.79 Å². The number of carbonyl (C=O) groups is 1. The van der Waals surface area contributed by atoms with Crippen LogP contribution in [0.4, 0.5) is 11.4 Å². The molecule has 146 valence electrons. The first kappa shape index (κ1) is 20.6. The Morgan fingerprint density at radius 2 is 1.80 bits per heavy atom. The maximum absolute atomic E-state index is 12.3. The predicted molar refractivity (Wildman–Crippen MR) is 116 cm³/mol. The Labute approximate surface area is 176 Å². The second kappa shape index (κ2) is 9.37. The lowest BCUT2D eigenvalue weighted by Crippen LogP contribution is -2.14. The summed E-state index contributed by atoms with van der Waals surface area (Å²) in [4.78, 5) is 23.5. The van der Waals surface area contributed by atoms with Crippen molar-refractivity contribution in [1.29, 1.82) is 10.5 Å². The van der Waals surface area contributed by atoms with E-state index in [-0.39, 0.29) is 22.9 Å². The molecule has 30 heavy (non-hydrogen) atoms. The molecule has 0 aromatic heterocycles. The molecule has 1 N–H and O–H groups in total. The van der Waals surface area contributed by atoms with Crippen LogP contribution in [-0.4, -0.2) is 16.6 Å². The summed E-state index contributed by atoms with van der Waals surface area (Å²) in [5.74, 6) is -0.297.